The lowest BCUT2D eigenvalue weighted by atomic mass is 9.79. The molecule has 2 aromatic heterocycles. The minimum absolute atomic E-state index is 0.0442. The first-order valence-corrected chi connectivity index (χ1v) is 14.1. The summed E-state index contributed by atoms with van der Waals surface area (Å²) in [5.41, 5.74) is 1.10. The molecule has 1 aliphatic rings. The van der Waals surface area contributed by atoms with Crippen LogP contribution in [0.3, 0.4) is 0 Å². The number of ether oxygens (including phenoxy) is 1. The van der Waals surface area contributed by atoms with Crippen molar-refractivity contribution in [2.24, 2.45) is 11.8 Å². The van der Waals surface area contributed by atoms with Crippen LogP contribution in [0.25, 0.3) is 10.9 Å². The summed E-state index contributed by atoms with van der Waals surface area (Å²) in [4.78, 5) is 31.4. The molecule has 1 aromatic carbocycles. The Bertz CT molecular complexity index is 1240. The second-order valence-electron chi connectivity index (χ2n) is 8.94. The number of nitrogens with zero attached hydrogens (tertiary/aromatic N) is 2. The van der Waals surface area contributed by atoms with Crippen LogP contribution in [-0.2, 0) is 4.79 Å². The average molecular weight is 551 g/mol. The van der Waals surface area contributed by atoms with Crippen molar-refractivity contribution >= 4 is 57.4 Å². The molecule has 192 valence electrons. The van der Waals surface area contributed by atoms with Gasteiger partial charge >= 0.3 is 5.97 Å². The number of rotatable bonds is 11. The number of carbonyl (C=O) groups excluding carboxylic acids is 1. The number of Topliss-reactive ketones (excluding diaryl/α,β-unsaturated/α-hetero) is 1. The zero-order valence-electron chi connectivity index (χ0n) is 19.9. The van der Waals surface area contributed by atoms with Gasteiger partial charge in [0.05, 0.1) is 21.9 Å². The number of carboxylic acids is 1. The van der Waals surface area contributed by atoms with Gasteiger partial charge in [-0.3, -0.25) is 14.6 Å². The molecule has 0 radical (unpaired) electrons. The Morgan fingerprint density at radius 3 is 2.89 bits per heavy atom. The first kappa shape index (κ1) is 26.9. The maximum atomic E-state index is 13.7. The van der Waals surface area contributed by atoms with E-state index < -0.39 is 5.97 Å². The Morgan fingerprint density at radius 2 is 2.17 bits per heavy atom. The lowest BCUT2D eigenvalue weighted by Gasteiger charge is -2.38. The number of aromatic nitrogens is 1. The quantitative estimate of drug-likeness (QED) is 0.223. The van der Waals surface area contributed by atoms with Crippen LogP contribution < -0.4 is 4.74 Å². The van der Waals surface area contributed by atoms with Crippen LogP contribution in [0.5, 0.6) is 5.75 Å². The Balaban J connectivity index is 1.39. The number of methoxy groups -OCH3 is 1. The number of ketones is 1. The summed E-state index contributed by atoms with van der Waals surface area (Å²) < 4.78 is 19.7. The van der Waals surface area contributed by atoms with E-state index in [1.165, 1.54) is 35.4 Å². The van der Waals surface area contributed by atoms with Crippen molar-refractivity contribution in [1.29, 1.82) is 0 Å². The second kappa shape index (κ2) is 12.4. The molecule has 4 rings (SSSR count). The number of carboxylic acid groups (broad SMARTS) is 1. The summed E-state index contributed by atoms with van der Waals surface area (Å²) in [6, 6.07) is 6.83. The third kappa shape index (κ3) is 6.56. The monoisotopic (exact) mass is 550 g/mol. The van der Waals surface area contributed by atoms with Crippen LogP contribution in [0.15, 0.2) is 40.1 Å². The predicted molar refractivity (Wildman–Crippen MR) is 142 cm³/mol. The zero-order chi connectivity index (χ0) is 25.7. The molecule has 1 fully saturated rings. The van der Waals surface area contributed by atoms with Gasteiger partial charge in [-0.2, -0.15) is 0 Å². The van der Waals surface area contributed by atoms with Crippen molar-refractivity contribution in [1.82, 2.24) is 9.88 Å². The molecule has 2 unspecified atom stereocenters. The molecular formula is C26H28ClFN2O4S2. The fraction of sp³-hybridized carbons (Fsp3) is 0.423. The SMILES string of the molecule is COc1ccc2ncc(Cl)c(C(=O)CCC3CCN(CCSc4sccc4F)CC3CC(=O)O)c2c1. The number of likely N-dealkylation sites (tertiary alicyclic amines) is 1. The maximum absolute atomic E-state index is 13.7. The van der Waals surface area contributed by atoms with Gasteiger partial charge in [0, 0.05) is 48.8 Å². The summed E-state index contributed by atoms with van der Waals surface area (Å²) in [5.74, 6) is 0.363. The lowest BCUT2D eigenvalue weighted by Crippen LogP contribution is -2.42. The molecule has 0 spiro atoms. The average Bonchev–Trinajstić information content (AvgIpc) is 3.27. The Labute approximate surface area is 222 Å². The summed E-state index contributed by atoms with van der Waals surface area (Å²) in [7, 11) is 1.56. The van der Waals surface area contributed by atoms with Gasteiger partial charge in [0.25, 0.3) is 0 Å². The highest BCUT2D eigenvalue weighted by molar-refractivity contribution is 8.01. The molecule has 3 aromatic rings. The molecule has 2 atom stereocenters. The van der Waals surface area contributed by atoms with Crippen molar-refractivity contribution in [3.05, 3.63) is 52.2 Å². The fourth-order valence-electron chi connectivity index (χ4n) is 4.84. The Kier molecular flexibility index (Phi) is 9.22. The largest absolute Gasteiger partial charge is 0.497 e. The van der Waals surface area contributed by atoms with Crippen LogP contribution in [0.1, 0.15) is 36.0 Å². The minimum atomic E-state index is -0.830. The number of thiophene rings is 1. The van der Waals surface area contributed by atoms with Crippen LogP contribution in [-0.4, -0.2) is 59.2 Å². The van der Waals surface area contributed by atoms with E-state index in [2.05, 4.69) is 9.88 Å². The molecule has 1 aliphatic heterocycles. The highest BCUT2D eigenvalue weighted by atomic mass is 35.5. The molecule has 10 heteroatoms. The summed E-state index contributed by atoms with van der Waals surface area (Å²) >= 11 is 9.28. The number of piperidine rings is 1. The van der Waals surface area contributed by atoms with E-state index in [1.807, 2.05) is 0 Å². The van der Waals surface area contributed by atoms with Crippen LogP contribution >= 0.6 is 34.7 Å². The molecule has 0 bridgehead atoms. The van der Waals surface area contributed by atoms with Crippen LogP contribution in [0.2, 0.25) is 5.02 Å². The fourth-order valence-corrected chi connectivity index (χ4v) is 7.02. The van der Waals surface area contributed by atoms with E-state index in [-0.39, 0.29) is 36.3 Å². The van der Waals surface area contributed by atoms with Gasteiger partial charge in [-0.25, -0.2) is 4.39 Å². The van der Waals surface area contributed by atoms with Crippen LogP contribution in [0.4, 0.5) is 4.39 Å². The lowest BCUT2D eigenvalue weighted by molar-refractivity contribution is -0.139. The molecule has 0 amide bonds. The van der Waals surface area contributed by atoms with Gasteiger partial charge in [-0.1, -0.05) is 11.6 Å². The molecule has 1 saturated heterocycles. The minimum Gasteiger partial charge on any atom is -0.497 e. The standard InChI is InChI=1S/C26H28ClFN2O4S2/c1-34-18-3-4-22-19(13-18)25(20(27)14-29-22)23(31)5-2-16-6-8-30(15-17(16)12-24(32)33)9-11-36-26-21(28)7-10-35-26/h3-4,7,10,13-14,16-17H,2,5-6,8-9,11-12,15H2,1H3,(H,32,33). The number of thioether (sulfide) groups is 1. The van der Waals surface area contributed by atoms with Gasteiger partial charge in [0.1, 0.15) is 11.6 Å². The first-order chi connectivity index (χ1) is 17.4. The normalized spacial score (nSPS) is 18.4. The third-order valence-corrected chi connectivity index (χ3v) is 9.14. The van der Waals surface area contributed by atoms with Crippen molar-refractivity contribution in [3.8, 4) is 5.75 Å². The summed E-state index contributed by atoms with van der Waals surface area (Å²) in [6.07, 6.45) is 3.27. The van der Waals surface area contributed by atoms with Gasteiger partial charge in [-0.15, -0.1) is 23.1 Å². The second-order valence-corrected chi connectivity index (χ2v) is 11.6. The molecule has 0 aliphatic carbocycles. The number of hydrogen-bond acceptors (Lipinski definition) is 7. The summed E-state index contributed by atoms with van der Waals surface area (Å²) in [6.45, 7) is 2.26. The Hall–Kier alpha value is -2.20. The van der Waals surface area contributed by atoms with Gasteiger partial charge < -0.3 is 14.7 Å². The predicted octanol–water partition coefficient (Wildman–Crippen LogP) is 6.27. The van der Waals surface area contributed by atoms with Crippen molar-refractivity contribution in [2.75, 3.05) is 32.5 Å². The summed E-state index contributed by atoms with van der Waals surface area (Å²) in [5, 5.41) is 12.2. The molecule has 36 heavy (non-hydrogen) atoms. The molecule has 6 nitrogen and oxygen atoms in total. The number of hydrogen-bond donors (Lipinski definition) is 1. The Morgan fingerprint density at radius 1 is 1.33 bits per heavy atom. The number of carbonyl (C=O) groups is 2. The van der Waals surface area contributed by atoms with E-state index in [0.29, 0.717) is 44.4 Å². The topological polar surface area (TPSA) is 79.7 Å². The van der Waals surface area contributed by atoms with Gasteiger partial charge in [0.15, 0.2) is 5.78 Å². The molecule has 0 saturated carbocycles. The van der Waals surface area contributed by atoms with Crippen molar-refractivity contribution in [3.63, 3.8) is 0 Å². The number of aliphatic carboxylic acids is 1. The maximum Gasteiger partial charge on any atom is 0.303 e. The van der Waals surface area contributed by atoms with Crippen molar-refractivity contribution in [2.45, 2.75) is 29.9 Å². The molecule has 1 N–H and O–H groups in total. The smallest absolute Gasteiger partial charge is 0.303 e. The van der Waals surface area contributed by atoms with E-state index in [9.17, 15) is 19.1 Å². The van der Waals surface area contributed by atoms with Crippen molar-refractivity contribution < 1.29 is 23.8 Å². The number of pyridine rings is 1. The van der Waals surface area contributed by atoms with Gasteiger partial charge in [0.2, 0.25) is 0 Å². The molecule has 3 heterocycles. The zero-order valence-corrected chi connectivity index (χ0v) is 22.3. The van der Waals surface area contributed by atoms with E-state index in [0.717, 1.165) is 25.3 Å². The van der Waals surface area contributed by atoms with E-state index in [4.69, 9.17) is 16.3 Å². The number of fused-ring (bicyclic) bond motifs is 1. The highest BCUT2D eigenvalue weighted by Gasteiger charge is 2.31. The first-order valence-electron chi connectivity index (χ1n) is 11.8. The van der Waals surface area contributed by atoms with Gasteiger partial charge in [-0.05, 0) is 60.9 Å². The van der Waals surface area contributed by atoms with E-state index >= 15 is 0 Å². The van der Waals surface area contributed by atoms with Crippen LogP contribution in [0, 0.1) is 17.7 Å². The molecular weight excluding hydrogens is 523 g/mol. The van der Waals surface area contributed by atoms with E-state index in [1.54, 1.807) is 30.7 Å². The highest BCUT2D eigenvalue weighted by Crippen LogP contribution is 2.34. The third-order valence-electron chi connectivity index (χ3n) is 6.69. The number of halogens is 2. The number of benzene rings is 1.